The fourth-order valence-electron chi connectivity index (χ4n) is 4.38. The molecule has 0 fully saturated rings. The Morgan fingerprint density at radius 1 is 0.919 bits per heavy atom. The minimum atomic E-state index is -0.545. The predicted octanol–water partition coefficient (Wildman–Crippen LogP) is 4.90. The van der Waals surface area contributed by atoms with E-state index in [1.54, 1.807) is 26.0 Å². The van der Waals surface area contributed by atoms with Gasteiger partial charge in [-0.25, -0.2) is 4.68 Å². The Kier molecular flexibility index (Phi) is 6.51. The molecule has 0 radical (unpaired) electrons. The van der Waals surface area contributed by atoms with Crippen LogP contribution >= 0.6 is 0 Å². The highest BCUT2D eigenvalue weighted by Gasteiger charge is 2.35. The van der Waals surface area contributed by atoms with Gasteiger partial charge in [0, 0.05) is 16.9 Å². The second-order valence-corrected chi connectivity index (χ2v) is 8.44. The lowest BCUT2D eigenvalue weighted by Crippen LogP contribution is -2.31. The molecule has 0 bridgehead atoms. The van der Waals surface area contributed by atoms with Gasteiger partial charge in [-0.05, 0) is 55.0 Å². The number of anilines is 2. The number of carbonyl (C=O) groups is 1. The summed E-state index contributed by atoms with van der Waals surface area (Å²) in [4.78, 5) is 18.4. The second-order valence-electron chi connectivity index (χ2n) is 8.44. The van der Waals surface area contributed by atoms with Crippen LogP contribution in [-0.2, 0) is 4.79 Å². The molecule has 2 heterocycles. The molecule has 0 aliphatic carbocycles. The van der Waals surface area contributed by atoms with Crippen LogP contribution < -0.4 is 24.8 Å². The lowest BCUT2D eigenvalue weighted by atomic mass is 9.95. The molecule has 0 saturated heterocycles. The van der Waals surface area contributed by atoms with E-state index in [1.165, 1.54) is 0 Å². The van der Waals surface area contributed by atoms with Crippen molar-refractivity contribution in [1.82, 2.24) is 14.8 Å². The lowest BCUT2D eigenvalue weighted by molar-refractivity contribution is -0.113. The predicted molar refractivity (Wildman–Crippen MR) is 141 cm³/mol. The quantitative estimate of drug-likeness (QED) is 0.375. The summed E-state index contributed by atoms with van der Waals surface area (Å²) in [6.45, 7) is 1.86. The van der Waals surface area contributed by atoms with Crippen molar-refractivity contribution < 1.29 is 19.0 Å². The third-order valence-corrected chi connectivity index (χ3v) is 6.18. The van der Waals surface area contributed by atoms with Gasteiger partial charge in [0.25, 0.3) is 5.91 Å². The summed E-state index contributed by atoms with van der Waals surface area (Å²) in [6, 6.07) is 21.9. The van der Waals surface area contributed by atoms with E-state index >= 15 is 0 Å². The van der Waals surface area contributed by atoms with E-state index in [0.717, 1.165) is 11.1 Å². The number of methoxy groups -OCH3 is 3. The fraction of sp³-hybridized carbons (Fsp3) is 0.179. The maximum Gasteiger partial charge on any atom is 0.255 e. The first kappa shape index (κ1) is 23.9. The Morgan fingerprint density at radius 3 is 2.43 bits per heavy atom. The van der Waals surface area contributed by atoms with Crippen molar-refractivity contribution >= 4 is 17.5 Å². The standard InChI is InChI=1S/C28H27N5O4/c1-17-24(27(34)30-20-10-6-5-7-11-20)25(18-9-8-12-21(15-18)35-2)33-28(29-17)31-26(32-33)19-13-14-22(36-3)23(16-19)37-4/h5-16,25H,1-4H3,(H,30,34)(H,29,31,32). The van der Waals surface area contributed by atoms with Crippen molar-refractivity contribution in [2.75, 3.05) is 32.0 Å². The van der Waals surface area contributed by atoms with Crippen LogP contribution in [0, 0.1) is 0 Å². The molecule has 1 unspecified atom stereocenters. The molecule has 37 heavy (non-hydrogen) atoms. The number of benzene rings is 3. The summed E-state index contributed by atoms with van der Waals surface area (Å²) in [5.41, 5.74) is 3.49. The van der Waals surface area contributed by atoms with Gasteiger partial charge in [0.05, 0.1) is 26.9 Å². The lowest BCUT2D eigenvalue weighted by Gasteiger charge is -2.28. The number of amides is 1. The smallest absolute Gasteiger partial charge is 0.255 e. The van der Waals surface area contributed by atoms with Gasteiger partial charge < -0.3 is 24.8 Å². The number of rotatable bonds is 7. The van der Waals surface area contributed by atoms with Gasteiger partial charge in [0.15, 0.2) is 17.3 Å². The van der Waals surface area contributed by atoms with Crippen molar-refractivity contribution in [1.29, 1.82) is 0 Å². The van der Waals surface area contributed by atoms with Gasteiger partial charge in [-0.2, -0.15) is 4.98 Å². The third-order valence-electron chi connectivity index (χ3n) is 6.18. The van der Waals surface area contributed by atoms with E-state index in [1.807, 2.05) is 79.7 Å². The van der Waals surface area contributed by atoms with E-state index in [0.29, 0.717) is 46.0 Å². The molecule has 1 aliphatic rings. The monoisotopic (exact) mass is 497 g/mol. The van der Waals surface area contributed by atoms with Crippen molar-refractivity contribution in [3.8, 4) is 28.6 Å². The zero-order valence-electron chi connectivity index (χ0n) is 21.0. The first-order valence-corrected chi connectivity index (χ1v) is 11.7. The van der Waals surface area contributed by atoms with Crippen molar-refractivity contribution in [2.24, 2.45) is 0 Å². The van der Waals surface area contributed by atoms with Gasteiger partial charge >= 0.3 is 0 Å². The van der Waals surface area contributed by atoms with E-state index in [4.69, 9.17) is 24.3 Å². The normalized spacial score (nSPS) is 14.4. The molecule has 1 amide bonds. The van der Waals surface area contributed by atoms with Gasteiger partial charge in [0.1, 0.15) is 11.8 Å². The van der Waals surface area contributed by atoms with Crippen LogP contribution in [0.2, 0.25) is 0 Å². The molecule has 9 heteroatoms. The number of allylic oxidation sites excluding steroid dienone is 1. The zero-order valence-corrected chi connectivity index (χ0v) is 21.0. The highest BCUT2D eigenvalue weighted by Crippen LogP contribution is 2.38. The summed E-state index contributed by atoms with van der Waals surface area (Å²) in [5, 5.41) is 11.1. The average Bonchev–Trinajstić information content (AvgIpc) is 3.35. The minimum Gasteiger partial charge on any atom is -0.497 e. The molecular formula is C28H27N5O4. The first-order chi connectivity index (χ1) is 18.0. The highest BCUT2D eigenvalue weighted by molar-refractivity contribution is 6.06. The number of fused-ring (bicyclic) bond motifs is 1. The van der Waals surface area contributed by atoms with Crippen LogP contribution in [0.5, 0.6) is 17.2 Å². The van der Waals surface area contributed by atoms with Gasteiger partial charge in [-0.3, -0.25) is 4.79 Å². The molecule has 0 saturated carbocycles. The maximum atomic E-state index is 13.6. The number of ether oxygens (including phenoxy) is 3. The second kappa shape index (κ2) is 10.1. The maximum absolute atomic E-state index is 13.6. The topological polar surface area (TPSA) is 99.5 Å². The number of nitrogens with zero attached hydrogens (tertiary/aromatic N) is 3. The number of hydrogen-bond acceptors (Lipinski definition) is 7. The van der Waals surface area contributed by atoms with E-state index in [2.05, 4.69) is 10.6 Å². The number of aromatic nitrogens is 3. The first-order valence-electron chi connectivity index (χ1n) is 11.7. The SMILES string of the molecule is COc1cccc(C2C(C(=O)Nc3ccccc3)=C(C)Nc3nc(-c4ccc(OC)c(OC)c4)nn32)c1. The van der Waals surface area contributed by atoms with Crippen LogP contribution in [0.25, 0.3) is 11.4 Å². The molecule has 1 aromatic heterocycles. The van der Waals surface area contributed by atoms with Crippen LogP contribution in [0.3, 0.4) is 0 Å². The van der Waals surface area contributed by atoms with Crippen LogP contribution in [-0.4, -0.2) is 42.0 Å². The minimum absolute atomic E-state index is 0.238. The van der Waals surface area contributed by atoms with Gasteiger partial charge in [-0.15, -0.1) is 5.10 Å². The van der Waals surface area contributed by atoms with Gasteiger partial charge in [0.2, 0.25) is 5.95 Å². The Balaban J connectivity index is 1.61. The number of para-hydroxylation sites is 1. The Labute approximate surface area is 214 Å². The Bertz CT molecular complexity index is 1480. The molecule has 188 valence electrons. The van der Waals surface area contributed by atoms with E-state index in [-0.39, 0.29) is 5.91 Å². The largest absolute Gasteiger partial charge is 0.497 e. The highest BCUT2D eigenvalue weighted by atomic mass is 16.5. The molecule has 4 aromatic rings. The third kappa shape index (κ3) is 4.58. The summed E-state index contributed by atoms with van der Waals surface area (Å²) >= 11 is 0. The molecule has 0 spiro atoms. The van der Waals surface area contributed by atoms with E-state index in [9.17, 15) is 4.79 Å². The van der Waals surface area contributed by atoms with E-state index < -0.39 is 6.04 Å². The molecule has 9 nitrogen and oxygen atoms in total. The van der Waals surface area contributed by atoms with Crippen molar-refractivity contribution in [3.05, 3.63) is 89.6 Å². The average molecular weight is 498 g/mol. The Hall–Kier alpha value is -4.79. The Morgan fingerprint density at radius 2 is 1.70 bits per heavy atom. The molecule has 5 rings (SSSR count). The number of carbonyl (C=O) groups excluding carboxylic acids is 1. The summed E-state index contributed by atoms with van der Waals surface area (Å²) in [7, 11) is 4.78. The molecule has 1 aliphatic heterocycles. The van der Waals surface area contributed by atoms with Crippen LogP contribution in [0.1, 0.15) is 18.5 Å². The van der Waals surface area contributed by atoms with Crippen LogP contribution in [0.15, 0.2) is 84.1 Å². The summed E-state index contributed by atoms with van der Waals surface area (Å²) in [5.74, 6) is 2.62. The van der Waals surface area contributed by atoms with Crippen molar-refractivity contribution in [3.63, 3.8) is 0 Å². The number of hydrogen-bond donors (Lipinski definition) is 2. The molecule has 1 atom stereocenters. The van der Waals surface area contributed by atoms with Crippen LogP contribution in [0.4, 0.5) is 11.6 Å². The summed E-state index contributed by atoms with van der Waals surface area (Å²) < 4.78 is 18.0. The fourth-order valence-corrected chi connectivity index (χ4v) is 4.38. The summed E-state index contributed by atoms with van der Waals surface area (Å²) in [6.07, 6.45) is 0. The van der Waals surface area contributed by atoms with Crippen molar-refractivity contribution in [2.45, 2.75) is 13.0 Å². The molecular weight excluding hydrogens is 470 g/mol. The van der Waals surface area contributed by atoms with Gasteiger partial charge in [-0.1, -0.05) is 30.3 Å². The number of nitrogens with one attached hydrogen (secondary N) is 2. The molecule has 3 aromatic carbocycles. The zero-order chi connectivity index (χ0) is 25.9. The molecule has 2 N–H and O–H groups in total.